The van der Waals surface area contributed by atoms with E-state index in [0.717, 1.165) is 22.4 Å². The van der Waals surface area contributed by atoms with Crippen LogP contribution in [0, 0.1) is 0 Å². The van der Waals surface area contributed by atoms with Crippen LogP contribution < -0.4 is 0 Å². The predicted octanol–water partition coefficient (Wildman–Crippen LogP) is 3.55. The highest BCUT2D eigenvalue weighted by Gasteiger charge is 2.08. The van der Waals surface area contributed by atoms with Crippen LogP contribution in [0.2, 0.25) is 0 Å². The monoisotopic (exact) mass is 245 g/mol. The Morgan fingerprint density at radius 2 is 1.58 bits per heavy atom. The van der Waals surface area contributed by atoms with Crippen molar-refractivity contribution in [2.45, 2.75) is 0 Å². The predicted molar refractivity (Wildman–Crippen MR) is 75.9 cm³/mol. The summed E-state index contributed by atoms with van der Waals surface area (Å²) in [6, 6.07) is 20.3. The molecule has 0 aliphatic heterocycles. The molecule has 0 N–H and O–H groups in total. The third kappa shape index (κ3) is 1.59. The van der Waals surface area contributed by atoms with Gasteiger partial charge < -0.3 is 0 Å². The second-order valence-electron chi connectivity index (χ2n) is 4.47. The lowest BCUT2D eigenvalue weighted by Crippen LogP contribution is -1.87. The lowest BCUT2D eigenvalue weighted by Gasteiger charge is -1.97. The Labute approximate surface area is 110 Å². The minimum atomic E-state index is 0.761. The van der Waals surface area contributed by atoms with E-state index in [9.17, 15) is 0 Å². The molecule has 0 amide bonds. The van der Waals surface area contributed by atoms with Crippen LogP contribution in [-0.4, -0.2) is 14.6 Å². The van der Waals surface area contributed by atoms with Crippen LogP contribution in [0.25, 0.3) is 27.8 Å². The van der Waals surface area contributed by atoms with Crippen LogP contribution in [0.5, 0.6) is 0 Å². The number of fused-ring (bicyclic) bond motifs is 3. The number of rotatable bonds is 1. The minimum Gasteiger partial charge on any atom is -0.220 e. The Hall–Kier alpha value is -2.68. The van der Waals surface area contributed by atoms with E-state index in [1.165, 1.54) is 5.39 Å². The van der Waals surface area contributed by atoms with Crippen molar-refractivity contribution in [3.05, 3.63) is 66.9 Å². The van der Waals surface area contributed by atoms with Gasteiger partial charge in [-0.25, -0.2) is 9.50 Å². The summed E-state index contributed by atoms with van der Waals surface area (Å²) in [7, 11) is 0. The summed E-state index contributed by atoms with van der Waals surface area (Å²) in [4.78, 5) is 4.66. The van der Waals surface area contributed by atoms with Crippen LogP contribution in [0.15, 0.2) is 66.9 Å². The fourth-order valence-electron chi connectivity index (χ4n) is 2.32. The van der Waals surface area contributed by atoms with Gasteiger partial charge in [0.15, 0.2) is 11.5 Å². The van der Waals surface area contributed by atoms with Crippen molar-refractivity contribution in [3.63, 3.8) is 0 Å². The van der Waals surface area contributed by atoms with Gasteiger partial charge in [-0.2, -0.15) is 0 Å². The van der Waals surface area contributed by atoms with Crippen LogP contribution in [0.4, 0.5) is 0 Å². The number of nitrogens with zero attached hydrogens (tertiary/aromatic N) is 3. The molecule has 4 rings (SSSR count). The molecule has 0 aliphatic rings. The van der Waals surface area contributed by atoms with Crippen LogP contribution in [0.1, 0.15) is 0 Å². The molecule has 0 aliphatic carbocycles. The van der Waals surface area contributed by atoms with Gasteiger partial charge in [0.1, 0.15) is 0 Å². The molecule has 2 aromatic heterocycles. The smallest absolute Gasteiger partial charge is 0.182 e. The molecule has 0 saturated heterocycles. The Kier molecular flexibility index (Phi) is 2.12. The average Bonchev–Trinajstić information content (AvgIpc) is 2.93. The first-order valence-electron chi connectivity index (χ1n) is 6.21. The molecular weight excluding hydrogens is 234 g/mol. The highest BCUT2D eigenvalue weighted by Crippen LogP contribution is 2.21. The quantitative estimate of drug-likeness (QED) is 0.513. The van der Waals surface area contributed by atoms with Crippen LogP contribution in [0.3, 0.4) is 0 Å². The van der Waals surface area contributed by atoms with E-state index < -0.39 is 0 Å². The molecule has 3 nitrogen and oxygen atoms in total. The zero-order valence-corrected chi connectivity index (χ0v) is 10.2. The standard InChI is InChI=1S/C16H11N3/c1-2-7-13(8-3-1)15-17-16-14-9-5-4-6-12(14)10-11-19(16)18-15/h1-11H. The fraction of sp³-hybridized carbons (Fsp3) is 0. The maximum Gasteiger partial charge on any atom is 0.182 e. The Bertz CT molecular complexity index is 863. The van der Waals surface area contributed by atoms with Crippen molar-refractivity contribution in [3.8, 4) is 11.4 Å². The van der Waals surface area contributed by atoms with Crippen molar-refractivity contribution < 1.29 is 0 Å². The highest BCUT2D eigenvalue weighted by atomic mass is 15.3. The molecule has 90 valence electrons. The van der Waals surface area contributed by atoms with Gasteiger partial charge in [0.2, 0.25) is 0 Å². The minimum absolute atomic E-state index is 0.761. The molecule has 0 fully saturated rings. The maximum atomic E-state index is 4.66. The number of pyridine rings is 1. The SMILES string of the molecule is c1ccc(-c2nc3c4ccccc4ccn3n2)cc1. The molecule has 2 heterocycles. The first-order chi connectivity index (χ1) is 9.42. The van der Waals surface area contributed by atoms with E-state index in [1.54, 1.807) is 0 Å². The molecule has 3 heteroatoms. The van der Waals surface area contributed by atoms with E-state index >= 15 is 0 Å². The average molecular weight is 245 g/mol. The van der Waals surface area contributed by atoms with E-state index in [1.807, 2.05) is 53.2 Å². The van der Waals surface area contributed by atoms with Gasteiger partial charge >= 0.3 is 0 Å². The van der Waals surface area contributed by atoms with Crippen molar-refractivity contribution in [1.82, 2.24) is 14.6 Å². The molecule has 0 bridgehead atoms. The normalized spacial score (nSPS) is 11.2. The first kappa shape index (κ1) is 10.3. The first-order valence-corrected chi connectivity index (χ1v) is 6.21. The Morgan fingerprint density at radius 3 is 2.47 bits per heavy atom. The summed E-state index contributed by atoms with van der Waals surface area (Å²) in [5, 5.41) is 6.85. The molecule has 0 atom stereocenters. The van der Waals surface area contributed by atoms with E-state index in [0.29, 0.717) is 0 Å². The van der Waals surface area contributed by atoms with E-state index in [2.05, 4.69) is 28.3 Å². The lowest BCUT2D eigenvalue weighted by atomic mass is 10.2. The zero-order chi connectivity index (χ0) is 12.7. The van der Waals surface area contributed by atoms with Crippen LogP contribution >= 0.6 is 0 Å². The van der Waals surface area contributed by atoms with Gasteiger partial charge in [-0.1, -0.05) is 54.6 Å². The zero-order valence-electron chi connectivity index (χ0n) is 10.2. The largest absolute Gasteiger partial charge is 0.220 e. The third-order valence-corrected chi connectivity index (χ3v) is 3.26. The fourth-order valence-corrected chi connectivity index (χ4v) is 2.32. The van der Waals surface area contributed by atoms with Crippen molar-refractivity contribution in [2.75, 3.05) is 0 Å². The molecule has 4 aromatic rings. The molecule has 2 aromatic carbocycles. The van der Waals surface area contributed by atoms with Crippen molar-refractivity contribution in [1.29, 1.82) is 0 Å². The van der Waals surface area contributed by atoms with Crippen LogP contribution in [-0.2, 0) is 0 Å². The molecule has 0 saturated carbocycles. The van der Waals surface area contributed by atoms with E-state index in [-0.39, 0.29) is 0 Å². The van der Waals surface area contributed by atoms with Gasteiger partial charge in [0.05, 0.1) is 0 Å². The molecule has 19 heavy (non-hydrogen) atoms. The molecule has 0 radical (unpaired) electrons. The Morgan fingerprint density at radius 1 is 0.789 bits per heavy atom. The lowest BCUT2D eigenvalue weighted by molar-refractivity contribution is 0.971. The molecule has 0 unspecified atom stereocenters. The highest BCUT2D eigenvalue weighted by molar-refractivity contribution is 5.94. The van der Waals surface area contributed by atoms with Gasteiger partial charge in [-0.3, -0.25) is 0 Å². The molecule has 0 spiro atoms. The second kappa shape index (κ2) is 3.92. The summed E-state index contributed by atoms with van der Waals surface area (Å²) in [6.45, 7) is 0. The van der Waals surface area contributed by atoms with Gasteiger partial charge in [-0.05, 0) is 11.5 Å². The second-order valence-corrected chi connectivity index (χ2v) is 4.47. The summed E-state index contributed by atoms with van der Waals surface area (Å²) < 4.78 is 1.84. The Balaban J connectivity index is 2.04. The summed E-state index contributed by atoms with van der Waals surface area (Å²) in [5.74, 6) is 0.761. The van der Waals surface area contributed by atoms with Crippen molar-refractivity contribution >= 4 is 16.4 Å². The van der Waals surface area contributed by atoms with Gasteiger partial charge in [-0.15, -0.1) is 5.10 Å². The molecular formula is C16H11N3. The summed E-state index contributed by atoms with van der Waals surface area (Å²) in [5.41, 5.74) is 1.94. The van der Waals surface area contributed by atoms with Gasteiger partial charge in [0.25, 0.3) is 0 Å². The topological polar surface area (TPSA) is 30.2 Å². The van der Waals surface area contributed by atoms with Crippen molar-refractivity contribution in [2.24, 2.45) is 0 Å². The number of benzene rings is 2. The number of hydrogen-bond acceptors (Lipinski definition) is 2. The maximum absolute atomic E-state index is 4.66. The summed E-state index contributed by atoms with van der Waals surface area (Å²) in [6.07, 6.45) is 1.96. The third-order valence-electron chi connectivity index (χ3n) is 3.26. The van der Waals surface area contributed by atoms with E-state index in [4.69, 9.17) is 0 Å². The number of aromatic nitrogens is 3. The number of hydrogen-bond donors (Lipinski definition) is 0. The summed E-state index contributed by atoms with van der Waals surface area (Å²) >= 11 is 0. The van der Waals surface area contributed by atoms with Gasteiger partial charge in [0, 0.05) is 17.1 Å².